The fourth-order valence-corrected chi connectivity index (χ4v) is 1.79. The summed E-state index contributed by atoms with van der Waals surface area (Å²) in [6, 6.07) is 0.913. The Bertz CT molecular complexity index is 679. The Morgan fingerprint density at radius 1 is 1.60 bits per heavy atom. The molecule has 0 unspecified atom stereocenters. The van der Waals surface area contributed by atoms with E-state index in [1.807, 2.05) is 6.92 Å². The smallest absolute Gasteiger partial charge is 0.266 e. The summed E-state index contributed by atoms with van der Waals surface area (Å²) in [6.07, 6.45) is 1.89. The van der Waals surface area contributed by atoms with Crippen LogP contribution < -0.4 is 10.9 Å². The Balaban J connectivity index is 2.16. The lowest BCUT2D eigenvalue weighted by atomic mass is 10.2. The van der Waals surface area contributed by atoms with E-state index in [2.05, 4.69) is 20.4 Å². The molecule has 7 nitrogen and oxygen atoms in total. The highest BCUT2D eigenvalue weighted by Crippen LogP contribution is 2.15. The molecular formula is C12H13ClN4O3. The third-order valence-electron chi connectivity index (χ3n) is 2.68. The van der Waals surface area contributed by atoms with Crippen molar-refractivity contribution in [1.82, 2.24) is 20.4 Å². The molecule has 0 saturated carbocycles. The second-order valence-electron chi connectivity index (χ2n) is 4.18. The Labute approximate surface area is 119 Å². The summed E-state index contributed by atoms with van der Waals surface area (Å²) < 4.78 is 5.04. The molecule has 0 spiro atoms. The molecule has 20 heavy (non-hydrogen) atoms. The van der Waals surface area contributed by atoms with Gasteiger partial charge >= 0.3 is 0 Å². The lowest BCUT2D eigenvalue weighted by Crippen LogP contribution is -2.29. The molecule has 106 valence electrons. The van der Waals surface area contributed by atoms with Gasteiger partial charge in [0.05, 0.1) is 5.56 Å². The van der Waals surface area contributed by atoms with Crippen LogP contribution in [-0.4, -0.2) is 21.0 Å². The molecule has 2 rings (SSSR count). The summed E-state index contributed by atoms with van der Waals surface area (Å²) in [5.74, 6) is 0.458. The van der Waals surface area contributed by atoms with Crippen LogP contribution in [0, 0.1) is 6.92 Å². The lowest BCUT2D eigenvalue weighted by Gasteiger charge is -2.12. The van der Waals surface area contributed by atoms with E-state index in [1.54, 1.807) is 6.92 Å². The van der Waals surface area contributed by atoms with E-state index < -0.39 is 11.6 Å². The molecule has 0 fully saturated rings. The van der Waals surface area contributed by atoms with Crippen LogP contribution in [0.2, 0.25) is 5.02 Å². The summed E-state index contributed by atoms with van der Waals surface area (Å²) >= 11 is 5.68. The van der Waals surface area contributed by atoms with E-state index in [0.717, 1.165) is 0 Å². The highest BCUT2D eigenvalue weighted by Gasteiger charge is 2.19. The number of nitrogens with one attached hydrogen (secondary N) is 2. The van der Waals surface area contributed by atoms with E-state index in [4.69, 9.17) is 16.1 Å². The molecule has 2 heterocycles. The van der Waals surface area contributed by atoms with Crippen molar-refractivity contribution in [2.45, 2.75) is 26.3 Å². The average Bonchev–Trinajstić information content (AvgIpc) is 2.85. The number of H-pyrrole nitrogens is 1. The zero-order valence-corrected chi connectivity index (χ0v) is 11.7. The van der Waals surface area contributed by atoms with Crippen molar-refractivity contribution in [3.63, 3.8) is 0 Å². The van der Waals surface area contributed by atoms with Crippen LogP contribution in [-0.2, 0) is 0 Å². The van der Waals surface area contributed by atoms with Crippen molar-refractivity contribution in [3.05, 3.63) is 44.9 Å². The molecule has 0 aliphatic carbocycles. The third kappa shape index (κ3) is 3.05. The Kier molecular flexibility index (Phi) is 4.19. The first-order valence-corrected chi connectivity index (χ1v) is 6.38. The number of hydrogen-bond acceptors (Lipinski definition) is 5. The first kappa shape index (κ1) is 14.3. The average molecular weight is 297 g/mol. The second kappa shape index (κ2) is 5.87. The van der Waals surface area contributed by atoms with Crippen molar-refractivity contribution in [2.75, 3.05) is 0 Å². The Morgan fingerprint density at radius 2 is 2.35 bits per heavy atom. The molecule has 1 atom stereocenters. The molecule has 0 bridgehead atoms. The highest BCUT2D eigenvalue weighted by molar-refractivity contribution is 6.30. The van der Waals surface area contributed by atoms with E-state index in [-0.39, 0.29) is 16.5 Å². The minimum absolute atomic E-state index is 0.0423. The van der Waals surface area contributed by atoms with Gasteiger partial charge in [0, 0.05) is 6.20 Å². The molecular weight excluding hydrogens is 284 g/mol. The van der Waals surface area contributed by atoms with Gasteiger partial charge < -0.3 is 14.8 Å². The van der Waals surface area contributed by atoms with Gasteiger partial charge in [0.25, 0.3) is 11.5 Å². The summed E-state index contributed by atoms with van der Waals surface area (Å²) in [5, 5.41) is 6.39. The summed E-state index contributed by atoms with van der Waals surface area (Å²) in [5.41, 5.74) is -0.188. The molecule has 0 radical (unpaired) electrons. The van der Waals surface area contributed by atoms with Gasteiger partial charge in [-0.2, -0.15) is 4.98 Å². The molecule has 0 aliphatic heterocycles. The second-order valence-corrected chi connectivity index (χ2v) is 4.59. The molecule has 8 heteroatoms. The number of aromatic amines is 1. The molecule has 2 N–H and O–H groups in total. The van der Waals surface area contributed by atoms with Gasteiger partial charge in [0.2, 0.25) is 5.89 Å². The number of pyridine rings is 1. The van der Waals surface area contributed by atoms with Crippen LogP contribution in [0.5, 0.6) is 0 Å². The number of carbonyl (C=O) groups excluding carboxylic acids is 1. The predicted octanol–water partition coefficient (Wildman–Crippen LogP) is 1.60. The van der Waals surface area contributed by atoms with Crippen LogP contribution in [0.4, 0.5) is 0 Å². The summed E-state index contributed by atoms with van der Waals surface area (Å²) in [4.78, 5) is 29.7. The molecule has 1 amide bonds. The van der Waals surface area contributed by atoms with E-state index in [9.17, 15) is 9.59 Å². The van der Waals surface area contributed by atoms with Crippen molar-refractivity contribution >= 4 is 17.5 Å². The largest absolute Gasteiger partial charge is 0.340 e. The van der Waals surface area contributed by atoms with Gasteiger partial charge in [-0.15, -0.1) is 0 Å². The van der Waals surface area contributed by atoms with Crippen molar-refractivity contribution < 1.29 is 9.32 Å². The number of rotatable bonds is 4. The maximum atomic E-state index is 12.1. The van der Waals surface area contributed by atoms with Gasteiger partial charge in [-0.05, 0) is 19.4 Å². The van der Waals surface area contributed by atoms with Crippen LogP contribution >= 0.6 is 11.6 Å². The SMILES string of the molecule is CC[C@@H](NC(=O)c1c[nH]c(=O)c(Cl)c1)c1nc(C)no1. The Hall–Kier alpha value is -2.15. The number of hydrogen-bond donors (Lipinski definition) is 2. The van der Waals surface area contributed by atoms with Crippen LogP contribution in [0.15, 0.2) is 21.6 Å². The summed E-state index contributed by atoms with van der Waals surface area (Å²) in [7, 11) is 0. The highest BCUT2D eigenvalue weighted by atomic mass is 35.5. The molecule has 2 aromatic heterocycles. The number of halogens is 1. The first-order chi connectivity index (χ1) is 9.51. The zero-order valence-electron chi connectivity index (χ0n) is 10.9. The standard InChI is InChI=1S/C12H13ClN4O3/c1-3-9(12-15-6(2)17-20-12)16-10(18)7-4-8(13)11(19)14-5-7/h4-5,9H,3H2,1-2H3,(H,14,19)(H,16,18)/t9-/m1/s1. The number of amides is 1. The quantitative estimate of drug-likeness (QED) is 0.892. The van der Waals surface area contributed by atoms with E-state index in [1.165, 1.54) is 12.3 Å². The van der Waals surface area contributed by atoms with Crippen LogP contribution in [0.25, 0.3) is 0 Å². The normalized spacial score (nSPS) is 12.2. The van der Waals surface area contributed by atoms with Crippen LogP contribution in [0.3, 0.4) is 0 Å². The van der Waals surface area contributed by atoms with Gasteiger partial charge in [-0.25, -0.2) is 0 Å². The molecule has 0 aromatic carbocycles. The molecule has 0 aliphatic rings. The fraction of sp³-hybridized carbons (Fsp3) is 0.333. The Morgan fingerprint density at radius 3 is 2.90 bits per heavy atom. The van der Waals surface area contributed by atoms with Crippen molar-refractivity contribution in [3.8, 4) is 0 Å². The fourth-order valence-electron chi connectivity index (χ4n) is 1.62. The number of aryl methyl sites for hydroxylation is 1. The van der Waals surface area contributed by atoms with Gasteiger partial charge in [0.1, 0.15) is 11.1 Å². The van der Waals surface area contributed by atoms with Crippen molar-refractivity contribution in [1.29, 1.82) is 0 Å². The molecule has 2 aromatic rings. The van der Waals surface area contributed by atoms with Gasteiger partial charge in [-0.3, -0.25) is 9.59 Å². The van der Waals surface area contributed by atoms with Gasteiger partial charge in [0.15, 0.2) is 5.82 Å². The number of nitrogens with zero attached hydrogens (tertiary/aromatic N) is 2. The van der Waals surface area contributed by atoms with E-state index >= 15 is 0 Å². The third-order valence-corrected chi connectivity index (χ3v) is 2.96. The number of carbonyl (C=O) groups is 1. The first-order valence-electron chi connectivity index (χ1n) is 6.00. The maximum absolute atomic E-state index is 12.1. The minimum atomic E-state index is -0.442. The molecule has 0 saturated heterocycles. The van der Waals surface area contributed by atoms with Crippen molar-refractivity contribution in [2.24, 2.45) is 0 Å². The van der Waals surface area contributed by atoms with E-state index in [0.29, 0.717) is 18.1 Å². The minimum Gasteiger partial charge on any atom is -0.340 e. The monoisotopic (exact) mass is 296 g/mol. The zero-order chi connectivity index (χ0) is 14.7. The predicted molar refractivity (Wildman–Crippen MR) is 71.6 cm³/mol. The number of aromatic nitrogens is 3. The van der Waals surface area contributed by atoms with Crippen LogP contribution in [0.1, 0.15) is 41.5 Å². The van der Waals surface area contributed by atoms with Gasteiger partial charge in [-0.1, -0.05) is 23.7 Å². The maximum Gasteiger partial charge on any atom is 0.266 e. The topological polar surface area (TPSA) is 101 Å². The summed E-state index contributed by atoms with van der Waals surface area (Å²) in [6.45, 7) is 3.58. The lowest BCUT2D eigenvalue weighted by molar-refractivity contribution is 0.0926.